The van der Waals surface area contributed by atoms with Gasteiger partial charge in [0.1, 0.15) is 0 Å². The van der Waals surface area contributed by atoms with Crippen molar-refractivity contribution >= 4 is 17.3 Å². The molecule has 3 aliphatic rings. The number of carbonyl (C=O) groups excluding carboxylic acids is 1. The molecule has 1 unspecified atom stereocenters. The van der Waals surface area contributed by atoms with Crippen LogP contribution in [-0.2, 0) is 25.2 Å². The molecule has 172 valence electrons. The number of halogens is 3. The molecule has 0 radical (unpaired) electrons. The Bertz CT molecular complexity index is 765. The van der Waals surface area contributed by atoms with Gasteiger partial charge in [0.25, 0.3) is 0 Å². The molecule has 3 fully saturated rings. The molecule has 3 saturated heterocycles. The van der Waals surface area contributed by atoms with Crippen LogP contribution in [0.4, 0.5) is 24.5 Å². The molecule has 0 saturated carbocycles. The fourth-order valence-corrected chi connectivity index (χ4v) is 4.39. The topological polar surface area (TPSA) is 63.3 Å². The molecule has 1 N–H and O–H groups in total. The van der Waals surface area contributed by atoms with E-state index in [2.05, 4.69) is 5.32 Å². The van der Waals surface area contributed by atoms with E-state index in [0.29, 0.717) is 45.2 Å². The molecular weight excluding hydrogens is 415 g/mol. The Morgan fingerprint density at radius 2 is 1.81 bits per heavy atom. The monoisotopic (exact) mass is 443 g/mol. The minimum atomic E-state index is -4.49. The Morgan fingerprint density at radius 3 is 2.52 bits per heavy atom. The van der Waals surface area contributed by atoms with Gasteiger partial charge < -0.3 is 24.4 Å². The lowest BCUT2D eigenvalue weighted by molar-refractivity contribution is -0.137. The second kappa shape index (κ2) is 9.72. The van der Waals surface area contributed by atoms with E-state index in [1.807, 2.05) is 9.80 Å². The third kappa shape index (κ3) is 5.49. The molecule has 1 aromatic rings. The smallest absolute Gasteiger partial charge is 0.378 e. The number of alkyl halides is 3. The highest BCUT2D eigenvalue weighted by Gasteiger charge is 2.35. The van der Waals surface area contributed by atoms with Crippen LogP contribution in [0.3, 0.4) is 0 Å². The predicted octanol–water partition coefficient (Wildman–Crippen LogP) is 2.71. The van der Waals surface area contributed by atoms with Gasteiger partial charge in [0, 0.05) is 13.1 Å². The van der Waals surface area contributed by atoms with Crippen molar-refractivity contribution in [3.63, 3.8) is 0 Å². The zero-order valence-electron chi connectivity index (χ0n) is 17.3. The first-order valence-electron chi connectivity index (χ1n) is 10.7. The fraction of sp³-hybridized carbons (Fsp3) is 0.667. The van der Waals surface area contributed by atoms with Crippen molar-refractivity contribution in [1.29, 1.82) is 0 Å². The number of hydrogen-bond donors (Lipinski definition) is 1. The van der Waals surface area contributed by atoms with E-state index in [0.717, 1.165) is 37.9 Å². The zero-order chi connectivity index (χ0) is 21.8. The SMILES string of the molecule is O=C(CN1CCCCC1C1OCCO1)Nc1cc(C(F)(F)F)ccc1N1CCOCC1. The number of nitrogens with one attached hydrogen (secondary N) is 1. The van der Waals surface area contributed by atoms with Crippen LogP contribution in [0.5, 0.6) is 0 Å². The lowest BCUT2D eigenvalue weighted by Crippen LogP contribution is -2.50. The highest BCUT2D eigenvalue weighted by Crippen LogP contribution is 2.36. The van der Waals surface area contributed by atoms with E-state index in [1.165, 1.54) is 6.07 Å². The van der Waals surface area contributed by atoms with E-state index in [4.69, 9.17) is 14.2 Å². The van der Waals surface area contributed by atoms with Crippen molar-refractivity contribution in [3.05, 3.63) is 23.8 Å². The number of ether oxygens (including phenoxy) is 3. The van der Waals surface area contributed by atoms with Crippen LogP contribution in [0.2, 0.25) is 0 Å². The minimum Gasteiger partial charge on any atom is -0.378 e. The van der Waals surface area contributed by atoms with Gasteiger partial charge in [-0.2, -0.15) is 13.2 Å². The first-order valence-corrected chi connectivity index (χ1v) is 10.7. The summed E-state index contributed by atoms with van der Waals surface area (Å²) in [7, 11) is 0. The van der Waals surface area contributed by atoms with E-state index in [-0.39, 0.29) is 30.5 Å². The van der Waals surface area contributed by atoms with Crippen LogP contribution >= 0.6 is 0 Å². The highest BCUT2D eigenvalue weighted by molar-refractivity contribution is 5.96. The average Bonchev–Trinajstić information content (AvgIpc) is 3.29. The summed E-state index contributed by atoms with van der Waals surface area (Å²) in [4.78, 5) is 16.8. The molecule has 1 amide bonds. The maximum atomic E-state index is 13.3. The second-order valence-electron chi connectivity index (χ2n) is 8.02. The Balaban J connectivity index is 1.50. The third-order valence-corrected chi connectivity index (χ3v) is 5.92. The third-order valence-electron chi connectivity index (χ3n) is 5.92. The molecule has 7 nitrogen and oxygen atoms in total. The molecule has 4 rings (SSSR count). The number of nitrogens with zero attached hydrogens (tertiary/aromatic N) is 2. The minimum absolute atomic E-state index is 0.0257. The number of morpholine rings is 1. The lowest BCUT2D eigenvalue weighted by atomic mass is 10.0. The van der Waals surface area contributed by atoms with Crippen LogP contribution in [0.25, 0.3) is 0 Å². The van der Waals surface area contributed by atoms with Gasteiger partial charge in [-0.1, -0.05) is 6.42 Å². The van der Waals surface area contributed by atoms with Crippen molar-refractivity contribution in [2.24, 2.45) is 0 Å². The Labute approximate surface area is 179 Å². The number of piperidine rings is 1. The molecule has 10 heteroatoms. The Morgan fingerprint density at radius 1 is 1.06 bits per heavy atom. The van der Waals surface area contributed by atoms with Crippen LogP contribution in [0, 0.1) is 0 Å². The summed E-state index contributed by atoms with van der Waals surface area (Å²) in [6.07, 6.45) is -2.00. The summed E-state index contributed by atoms with van der Waals surface area (Å²) >= 11 is 0. The maximum Gasteiger partial charge on any atom is 0.416 e. The standard InChI is InChI=1S/C21H28F3N3O4/c22-21(23,24)15-4-5-17(26-7-9-29-10-8-26)16(13-15)25-19(28)14-27-6-2-1-3-18(27)20-30-11-12-31-20/h4-5,13,18,20H,1-3,6-12,14H2,(H,25,28). The number of anilines is 2. The molecule has 1 aromatic carbocycles. The van der Waals surface area contributed by atoms with E-state index >= 15 is 0 Å². The molecule has 0 bridgehead atoms. The maximum absolute atomic E-state index is 13.3. The first-order chi connectivity index (χ1) is 14.9. The molecule has 0 aromatic heterocycles. The molecule has 0 spiro atoms. The average molecular weight is 443 g/mol. The summed E-state index contributed by atoms with van der Waals surface area (Å²) in [6, 6.07) is 3.46. The number of benzene rings is 1. The summed E-state index contributed by atoms with van der Waals surface area (Å²) in [5.41, 5.74) is -0.0469. The van der Waals surface area contributed by atoms with Gasteiger partial charge in [-0.15, -0.1) is 0 Å². The Kier molecular flexibility index (Phi) is 7.00. The fourth-order valence-electron chi connectivity index (χ4n) is 4.39. The summed E-state index contributed by atoms with van der Waals surface area (Å²) in [5.74, 6) is -0.348. The number of likely N-dealkylation sites (tertiary alicyclic amines) is 1. The van der Waals surface area contributed by atoms with Crippen molar-refractivity contribution < 1.29 is 32.2 Å². The van der Waals surface area contributed by atoms with Crippen molar-refractivity contribution in [1.82, 2.24) is 4.90 Å². The first kappa shape index (κ1) is 22.3. The molecule has 3 heterocycles. The van der Waals surface area contributed by atoms with Crippen molar-refractivity contribution in [2.75, 3.05) is 62.8 Å². The molecule has 1 atom stereocenters. The van der Waals surface area contributed by atoms with E-state index < -0.39 is 11.7 Å². The number of rotatable bonds is 5. The van der Waals surface area contributed by atoms with Crippen LogP contribution in [0.15, 0.2) is 18.2 Å². The largest absolute Gasteiger partial charge is 0.416 e. The highest BCUT2D eigenvalue weighted by atomic mass is 19.4. The second-order valence-corrected chi connectivity index (χ2v) is 8.02. The molecule has 31 heavy (non-hydrogen) atoms. The van der Waals surface area contributed by atoms with Gasteiger partial charge in [0.2, 0.25) is 5.91 Å². The van der Waals surface area contributed by atoms with Gasteiger partial charge in [0.15, 0.2) is 6.29 Å². The van der Waals surface area contributed by atoms with Crippen molar-refractivity contribution in [3.8, 4) is 0 Å². The summed E-state index contributed by atoms with van der Waals surface area (Å²) in [5, 5.41) is 2.73. The Hall–Kier alpha value is -1.88. The zero-order valence-corrected chi connectivity index (χ0v) is 17.3. The van der Waals surface area contributed by atoms with Crippen LogP contribution in [-0.4, -0.2) is 75.7 Å². The predicted molar refractivity (Wildman–Crippen MR) is 108 cm³/mol. The van der Waals surface area contributed by atoms with Crippen LogP contribution in [0.1, 0.15) is 24.8 Å². The van der Waals surface area contributed by atoms with Crippen molar-refractivity contribution in [2.45, 2.75) is 37.8 Å². The molecule has 0 aliphatic carbocycles. The number of amides is 1. The number of hydrogen-bond acceptors (Lipinski definition) is 6. The lowest BCUT2D eigenvalue weighted by Gasteiger charge is -2.37. The van der Waals surface area contributed by atoms with Gasteiger partial charge in [-0.05, 0) is 37.6 Å². The normalized spacial score (nSPS) is 23.8. The quantitative estimate of drug-likeness (QED) is 0.755. The van der Waals surface area contributed by atoms with Crippen LogP contribution < -0.4 is 10.2 Å². The molecule has 3 aliphatic heterocycles. The summed E-state index contributed by atoms with van der Waals surface area (Å²) < 4.78 is 56.5. The van der Waals surface area contributed by atoms with Gasteiger partial charge in [-0.3, -0.25) is 9.69 Å². The summed E-state index contributed by atoms with van der Waals surface area (Å²) in [6.45, 7) is 3.96. The van der Waals surface area contributed by atoms with Gasteiger partial charge in [-0.25, -0.2) is 0 Å². The van der Waals surface area contributed by atoms with Gasteiger partial charge in [0.05, 0.1) is 56.0 Å². The molecular formula is C21H28F3N3O4. The van der Waals surface area contributed by atoms with Gasteiger partial charge >= 0.3 is 6.18 Å². The van der Waals surface area contributed by atoms with E-state index in [1.54, 1.807) is 0 Å². The van der Waals surface area contributed by atoms with E-state index in [9.17, 15) is 18.0 Å². The number of carbonyl (C=O) groups is 1.